The topological polar surface area (TPSA) is 98.5 Å². The van der Waals surface area contributed by atoms with Crippen molar-refractivity contribution in [2.24, 2.45) is 0 Å². The molecule has 0 spiro atoms. The summed E-state index contributed by atoms with van der Waals surface area (Å²) in [7, 11) is -3.03. The molecule has 0 aromatic heterocycles. The first kappa shape index (κ1) is 16.3. The van der Waals surface area contributed by atoms with Gasteiger partial charge in [0.2, 0.25) is 0 Å². The van der Waals surface area contributed by atoms with Crippen molar-refractivity contribution in [3.63, 3.8) is 0 Å². The number of carbonyl (C=O) groups excluding carboxylic acids is 1. The Balaban J connectivity index is 2.77. The summed E-state index contributed by atoms with van der Waals surface area (Å²) >= 11 is 0. The molecule has 0 bridgehead atoms. The molecule has 1 aromatic carbocycles. The molecule has 3 N–H and O–H groups in total. The lowest BCUT2D eigenvalue weighted by atomic mass is 10.1. The van der Waals surface area contributed by atoms with Crippen LogP contribution in [0.1, 0.15) is 24.2 Å². The van der Waals surface area contributed by atoms with Gasteiger partial charge in [0.1, 0.15) is 0 Å². The van der Waals surface area contributed by atoms with Crippen LogP contribution in [0.5, 0.6) is 0 Å². The van der Waals surface area contributed by atoms with Gasteiger partial charge in [-0.3, -0.25) is 0 Å². The number of rotatable bonds is 7. The van der Waals surface area contributed by atoms with Crippen molar-refractivity contribution in [1.82, 2.24) is 0 Å². The number of ether oxygens (including phenoxy) is 1. The number of hydrogen-bond acceptors (Lipinski definition) is 6. The van der Waals surface area contributed by atoms with Crippen LogP contribution in [-0.4, -0.2) is 39.0 Å². The van der Waals surface area contributed by atoms with Gasteiger partial charge in [0.25, 0.3) is 0 Å². The summed E-state index contributed by atoms with van der Waals surface area (Å²) in [5.74, 6) is -0.366. The first-order chi connectivity index (χ1) is 9.41. The van der Waals surface area contributed by atoms with Crippen LogP contribution < -0.4 is 11.1 Å². The first-order valence-electron chi connectivity index (χ1n) is 6.41. The molecule has 112 valence electrons. The third kappa shape index (κ3) is 4.41. The molecule has 0 aliphatic carbocycles. The predicted octanol–water partition coefficient (Wildman–Crippen LogP) is 1.29. The summed E-state index contributed by atoms with van der Waals surface area (Å²) < 4.78 is 27.7. The average Bonchev–Trinajstić information content (AvgIpc) is 2.41. The number of benzene rings is 1. The molecule has 1 rings (SSSR count). The van der Waals surface area contributed by atoms with Crippen LogP contribution in [0, 0.1) is 0 Å². The number of sulfone groups is 1. The minimum absolute atomic E-state index is 0.0204. The largest absolute Gasteiger partial charge is 0.462 e. The van der Waals surface area contributed by atoms with Gasteiger partial charge in [0.05, 0.1) is 29.3 Å². The summed E-state index contributed by atoms with van der Waals surface area (Å²) in [6.45, 7) is 3.83. The number of carbonyl (C=O) groups is 1. The average molecular weight is 300 g/mol. The second kappa shape index (κ2) is 7.14. The highest BCUT2D eigenvalue weighted by atomic mass is 32.2. The third-order valence-electron chi connectivity index (χ3n) is 2.77. The summed E-state index contributed by atoms with van der Waals surface area (Å²) in [6.07, 6.45) is 0. The molecule has 0 fully saturated rings. The van der Waals surface area contributed by atoms with Crippen molar-refractivity contribution in [2.75, 3.05) is 35.7 Å². The molecule has 0 heterocycles. The third-order valence-corrected chi connectivity index (χ3v) is 4.48. The van der Waals surface area contributed by atoms with Gasteiger partial charge >= 0.3 is 5.97 Å². The minimum Gasteiger partial charge on any atom is -0.462 e. The Kier molecular flexibility index (Phi) is 5.82. The Bertz CT molecular complexity index is 570. The molecule has 0 aliphatic rings. The van der Waals surface area contributed by atoms with E-state index in [1.54, 1.807) is 32.0 Å². The molecule has 6 nitrogen and oxygen atoms in total. The van der Waals surface area contributed by atoms with E-state index in [-0.39, 0.29) is 35.9 Å². The highest BCUT2D eigenvalue weighted by Gasteiger charge is 2.14. The molecule has 1 aromatic rings. The number of nitrogen functional groups attached to an aromatic ring is 1. The molecule has 0 atom stereocenters. The van der Waals surface area contributed by atoms with Gasteiger partial charge in [-0.15, -0.1) is 0 Å². The van der Waals surface area contributed by atoms with Gasteiger partial charge in [-0.2, -0.15) is 0 Å². The fourth-order valence-corrected chi connectivity index (χ4v) is 2.29. The Morgan fingerprint density at radius 3 is 2.65 bits per heavy atom. The smallest absolute Gasteiger partial charge is 0.340 e. The van der Waals surface area contributed by atoms with Crippen molar-refractivity contribution < 1.29 is 17.9 Å². The van der Waals surface area contributed by atoms with E-state index in [2.05, 4.69) is 5.32 Å². The molecular formula is C13H20N2O4S. The predicted molar refractivity (Wildman–Crippen MR) is 79.6 cm³/mol. The molecular weight excluding hydrogens is 280 g/mol. The van der Waals surface area contributed by atoms with Crippen molar-refractivity contribution in [1.29, 1.82) is 0 Å². The number of nitrogens with one attached hydrogen (secondary N) is 1. The lowest BCUT2D eigenvalue weighted by molar-refractivity contribution is 0.0527. The number of esters is 1. The van der Waals surface area contributed by atoms with Gasteiger partial charge in [-0.25, -0.2) is 13.2 Å². The molecule has 0 unspecified atom stereocenters. The monoisotopic (exact) mass is 300 g/mol. The molecule has 0 radical (unpaired) electrons. The Hall–Kier alpha value is -1.76. The first-order valence-corrected chi connectivity index (χ1v) is 8.23. The van der Waals surface area contributed by atoms with E-state index >= 15 is 0 Å². The number of hydrogen-bond donors (Lipinski definition) is 2. The number of para-hydroxylation sites is 1. The fourth-order valence-electron chi connectivity index (χ4n) is 1.59. The molecule has 0 saturated carbocycles. The fraction of sp³-hybridized carbons (Fsp3) is 0.462. The zero-order valence-corrected chi connectivity index (χ0v) is 12.5. The molecule has 0 aliphatic heterocycles. The highest BCUT2D eigenvalue weighted by Crippen LogP contribution is 2.23. The standard InChI is InChI=1S/C13H20N2O4S/c1-3-19-13(16)10-6-5-7-11(12(10)14)15-8-9-20(17,18)4-2/h5-7,15H,3-4,8-9,14H2,1-2H3. The Morgan fingerprint density at radius 2 is 2.05 bits per heavy atom. The molecule has 0 amide bonds. The van der Waals surface area contributed by atoms with Crippen LogP contribution in [0.15, 0.2) is 18.2 Å². The zero-order chi connectivity index (χ0) is 15.2. The Labute approximate surface area is 119 Å². The van der Waals surface area contributed by atoms with Gasteiger partial charge in [0.15, 0.2) is 9.84 Å². The SMILES string of the molecule is CCOC(=O)c1cccc(NCCS(=O)(=O)CC)c1N. The van der Waals surface area contributed by atoms with E-state index in [0.29, 0.717) is 5.69 Å². The maximum absolute atomic E-state index is 11.7. The normalized spacial score (nSPS) is 11.1. The summed E-state index contributed by atoms with van der Waals surface area (Å²) in [4.78, 5) is 11.7. The van der Waals surface area contributed by atoms with E-state index in [1.807, 2.05) is 0 Å². The van der Waals surface area contributed by atoms with Crippen LogP contribution in [0.3, 0.4) is 0 Å². The molecule has 0 saturated heterocycles. The summed E-state index contributed by atoms with van der Waals surface area (Å²) in [5.41, 5.74) is 6.95. The number of nitrogens with two attached hydrogens (primary N) is 1. The van der Waals surface area contributed by atoms with E-state index in [4.69, 9.17) is 10.5 Å². The second-order valence-electron chi connectivity index (χ2n) is 4.15. The van der Waals surface area contributed by atoms with Gasteiger partial charge in [-0.1, -0.05) is 13.0 Å². The highest BCUT2D eigenvalue weighted by molar-refractivity contribution is 7.91. The van der Waals surface area contributed by atoms with Gasteiger partial charge in [-0.05, 0) is 19.1 Å². The zero-order valence-electron chi connectivity index (χ0n) is 11.7. The van der Waals surface area contributed by atoms with Gasteiger partial charge in [0, 0.05) is 12.3 Å². The lowest BCUT2D eigenvalue weighted by Gasteiger charge is -2.12. The maximum atomic E-state index is 11.7. The van der Waals surface area contributed by atoms with Gasteiger partial charge < -0.3 is 15.8 Å². The maximum Gasteiger partial charge on any atom is 0.340 e. The lowest BCUT2D eigenvalue weighted by Crippen LogP contribution is -2.18. The quantitative estimate of drug-likeness (QED) is 0.581. The summed E-state index contributed by atoms with van der Waals surface area (Å²) in [6, 6.07) is 4.93. The van der Waals surface area contributed by atoms with E-state index in [0.717, 1.165) is 0 Å². The van der Waals surface area contributed by atoms with Crippen molar-refractivity contribution in [2.45, 2.75) is 13.8 Å². The number of anilines is 2. The van der Waals surface area contributed by atoms with Crippen LogP contribution in [0.4, 0.5) is 11.4 Å². The molecule has 7 heteroatoms. The second-order valence-corrected chi connectivity index (χ2v) is 6.62. The van der Waals surface area contributed by atoms with Crippen LogP contribution in [0.2, 0.25) is 0 Å². The van der Waals surface area contributed by atoms with Crippen LogP contribution >= 0.6 is 0 Å². The minimum atomic E-state index is -3.03. The van der Waals surface area contributed by atoms with Crippen molar-refractivity contribution in [3.8, 4) is 0 Å². The van der Waals surface area contributed by atoms with E-state index in [9.17, 15) is 13.2 Å². The van der Waals surface area contributed by atoms with E-state index < -0.39 is 15.8 Å². The van der Waals surface area contributed by atoms with E-state index in [1.165, 1.54) is 0 Å². The molecule has 20 heavy (non-hydrogen) atoms. The van der Waals surface area contributed by atoms with Crippen LogP contribution in [-0.2, 0) is 14.6 Å². The van der Waals surface area contributed by atoms with Crippen molar-refractivity contribution in [3.05, 3.63) is 23.8 Å². The van der Waals surface area contributed by atoms with Crippen LogP contribution in [0.25, 0.3) is 0 Å². The summed E-state index contributed by atoms with van der Waals surface area (Å²) in [5, 5.41) is 2.93. The van der Waals surface area contributed by atoms with Crippen molar-refractivity contribution >= 4 is 27.2 Å². The Morgan fingerprint density at radius 1 is 1.35 bits per heavy atom.